The van der Waals surface area contributed by atoms with Gasteiger partial charge in [0.1, 0.15) is 0 Å². The molecular formula is C2H7OSi. The van der Waals surface area contributed by atoms with Gasteiger partial charge in [0.2, 0.25) is 0 Å². The van der Waals surface area contributed by atoms with E-state index in [1.807, 2.05) is 6.55 Å². The molecule has 0 spiro atoms. The number of rotatable bonds is 1. The van der Waals surface area contributed by atoms with Crippen LogP contribution in [-0.2, 0) is 4.43 Å². The number of hydrogen-bond acceptors (Lipinski definition) is 1. The molecule has 0 aromatic rings. The van der Waals surface area contributed by atoms with Gasteiger partial charge in [0.05, 0.1) is 7.11 Å². The fraction of sp³-hybridized carbons (Fsp3) is 0.500. The number of hydrogen-bond donors (Lipinski definition) is 0. The molecule has 25 valence electrons. The lowest BCUT2D eigenvalue weighted by molar-refractivity contribution is 0.510. The Bertz CT molecular complexity index is 8.00. The molecular weight excluding hydrogens is 68.1 g/mol. The SMILES string of the molecule is [CH2]O[SiH2]C. The third-order valence-electron chi connectivity index (χ3n) is 0.204. The third-order valence-corrected chi connectivity index (χ3v) is 0.612. The summed E-state index contributed by atoms with van der Waals surface area (Å²) in [6.07, 6.45) is 0. The Kier molecular flexibility index (Phi) is 3.32. The van der Waals surface area contributed by atoms with E-state index in [1.54, 1.807) is 0 Å². The summed E-state index contributed by atoms with van der Waals surface area (Å²) in [6, 6.07) is 0. The first-order chi connectivity index (χ1) is 1.91. The zero-order valence-electron chi connectivity index (χ0n) is 2.82. The summed E-state index contributed by atoms with van der Waals surface area (Å²) in [5.41, 5.74) is 0. The molecule has 0 aliphatic heterocycles. The van der Waals surface area contributed by atoms with E-state index in [1.165, 1.54) is 0 Å². The summed E-state index contributed by atoms with van der Waals surface area (Å²) in [7, 11) is 2.98. The van der Waals surface area contributed by atoms with Crippen molar-refractivity contribution in [2.24, 2.45) is 0 Å². The van der Waals surface area contributed by atoms with Gasteiger partial charge in [0.25, 0.3) is 0 Å². The van der Waals surface area contributed by atoms with Crippen molar-refractivity contribution in [3.63, 3.8) is 0 Å². The van der Waals surface area contributed by atoms with Crippen LogP contribution >= 0.6 is 0 Å². The highest BCUT2D eigenvalue weighted by molar-refractivity contribution is 6.24. The van der Waals surface area contributed by atoms with E-state index in [4.69, 9.17) is 0 Å². The second-order valence-corrected chi connectivity index (χ2v) is 1.48. The molecule has 1 radical (unpaired) electrons. The lowest BCUT2D eigenvalue weighted by Gasteiger charge is -1.74. The smallest absolute Gasteiger partial charge is 0.158 e. The fourth-order valence-corrected chi connectivity index (χ4v) is 0. The van der Waals surface area contributed by atoms with E-state index < -0.39 is 0 Å². The largest absolute Gasteiger partial charge is 0.422 e. The topological polar surface area (TPSA) is 9.23 Å². The third kappa shape index (κ3) is 2.18. The van der Waals surface area contributed by atoms with E-state index >= 15 is 0 Å². The van der Waals surface area contributed by atoms with E-state index in [0.717, 1.165) is 0 Å². The van der Waals surface area contributed by atoms with Crippen molar-refractivity contribution < 1.29 is 4.43 Å². The van der Waals surface area contributed by atoms with Crippen molar-refractivity contribution in [1.29, 1.82) is 0 Å². The van der Waals surface area contributed by atoms with Crippen molar-refractivity contribution in [1.82, 2.24) is 0 Å². The molecule has 0 amide bonds. The Morgan fingerprint density at radius 2 is 2.25 bits per heavy atom. The van der Waals surface area contributed by atoms with Crippen LogP contribution in [0.15, 0.2) is 0 Å². The quantitative estimate of drug-likeness (QED) is 0.396. The van der Waals surface area contributed by atoms with Gasteiger partial charge in [-0.2, -0.15) is 0 Å². The molecule has 0 unspecified atom stereocenters. The molecule has 0 N–H and O–H groups in total. The molecule has 4 heavy (non-hydrogen) atoms. The molecule has 0 aliphatic carbocycles. The van der Waals surface area contributed by atoms with Crippen LogP contribution in [0.5, 0.6) is 0 Å². The lowest BCUT2D eigenvalue weighted by atomic mass is 11.8. The van der Waals surface area contributed by atoms with Crippen LogP contribution in [0.4, 0.5) is 0 Å². The maximum atomic E-state index is 4.43. The predicted molar refractivity (Wildman–Crippen MR) is 20.8 cm³/mol. The highest BCUT2D eigenvalue weighted by atomic mass is 28.2. The second-order valence-electron chi connectivity index (χ2n) is 0.493. The zero-order valence-corrected chi connectivity index (χ0v) is 4.24. The second kappa shape index (κ2) is 3.18. The molecule has 0 rings (SSSR count). The van der Waals surface area contributed by atoms with Gasteiger partial charge in [0.15, 0.2) is 9.76 Å². The highest BCUT2D eigenvalue weighted by Crippen LogP contribution is 1.52. The Labute approximate surface area is 28.9 Å². The molecule has 0 heterocycles. The minimum absolute atomic E-state index is 0.187. The molecule has 0 bridgehead atoms. The summed E-state index contributed by atoms with van der Waals surface area (Å²) in [4.78, 5) is 0. The van der Waals surface area contributed by atoms with Gasteiger partial charge in [0, 0.05) is 0 Å². The van der Waals surface area contributed by atoms with Crippen molar-refractivity contribution in [3.8, 4) is 0 Å². The van der Waals surface area contributed by atoms with Gasteiger partial charge >= 0.3 is 0 Å². The van der Waals surface area contributed by atoms with Crippen LogP contribution in [0.2, 0.25) is 6.55 Å². The molecule has 0 saturated heterocycles. The van der Waals surface area contributed by atoms with E-state index in [9.17, 15) is 0 Å². The molecule has 0 saturated carbocycles. The van der Waals surface area contributed by atoms with Crippen molar-refractivity contribution in [3.05, 3.63) is 7.11 Å². The minimum Gasteiger partial charge on any atom is -0.422 e. The standard InChI is InChI=1S/C2H7OSi/c1-3-4-2/h1,4H2,2H3. The Morgan fingerprint density at radius 3 is 2.25 bits per heavy atom. The normalized spacial score (nSPS) is 10.5. The minimum atomic E-state index is -0.187. The fourth-order valence-electron chi connectivity index (χ4n) is 0. The molecule has 0 aliphatic rings. The van der Waals surface area contributed by atoms with Crippen LogP contribution in [-0.4, -0.2) is 9.76 Å². The van der Waals surface area contributed by atoms with Gasteiger partial charge in [-0.25, -0.2) is 0 Å². The average Bonchev–Trinajstić information content (AvgIpc) is 1.37. The molecule has 2 heteroatoms. The first kappa shape index (κ1) is 4.18. The highest BCUT2D eigenvalue weighted by Gasteiger charge is 1.55. The van der Waals surface area contributed by atoms with Crippen molar-refractivity contribution in [2.45, 2.75) is 6.55 Å². The van der Waals surface area contributed by atoms with Crippen molar-refractivity contribution >= 4 is 9.76 Å². The van der Waals surface area contributed by atoms with E-state index in [0.29, 0.717) is 0 Å². The van der Waals surface area contributed by atoms with Gasteiger partial charge in [-0.3, -0.25) is 0 Å². The van der Waals surface area contributed by atoms with Crippen LogP contribution in [0.1, 0.15) is 0 Å². The van der Waals surface area contributed by atoms with Crippen LogP contribution in [0, 0.1) is 7.11 Å². The zero-order chi connectivity index (χ0) is 3.41. The summed E-state index contributed by atoms with van der Waals surface area (Å²) in [5, 5.41) is 0. The van der Waals surface area contributed by atoms with Gasteiger partial charge in [-0.15, -0.1) is 0 Å². The van der Waals surface area contributed by atoms with Gasteiger partial charge < -0.3 is 4.43 Å². The first-order valence-corrected chi connectivity index (χ1v) is 3.28. The van der Waals surface area contributed by atoms with Crippen LogP contribution in [0.3, 0.4) is 0 Å². The van der Waals surface area contributed by atoms with Crippen LogP contribution < -0.4 is 0 Å². The molecule has 0 fully saturated rings. The average molecular weight is 75.2 g/mol. The predicted octanol–water partition coefficient (Wildman–Crippen LogP) is -0.0735. The van der Waals surface area contributed by atoms with E-state index in [-0.39, 0.29) is 9.76 Å². The monoisotopic (exact) mass is 75.0 g/mol. The maximum absolute atomic E-state index is 4.43. The van der Waals surface area contributed by atoms with E-state index in [2.05, 4.69) is 11.5 Å². The summed E-state index contributed by atoms with van der Waals surface area (Å²) in [6.45, 7) is 2.03. The molecule has 0 aromatic heterocycles. The Morgan fingerprint density at radius 1 is 2.00 bits per heavy atom. The summed E-state index contributed by atoms with van der Waals surface area (Å²) >= 11 is 0. The summed E-state index contributed by atoms with van der Waals surface area (Å²) < 4.78 is 4.43. The molecule has 0 aromatic carbocycles. The maximum Gasteiger partial charge on any atom is 0.158 e. The van der Waals surface area contributed by atoms with Crippen molar-refractivity contribution in [2.75, 3.05) is 0 Å². The Hall–Kier alpha value is 0.177. The molecule has 0 atom stereocenters. The summed E-state index contributed by atoms with van der Waals surface area (Å²) in [5.74, 6) is 0. The van der Waals surface area contributed by atoms with Crippen LogP contribution in [0.25, 0.3) is 0 Å². The lowest BCUT2D eigenvalue weighted by Crippen LogP contribution is -1.76. The van der Waals surface area contributed by atoms with Gasteiger partial charge in [-0.1, -0.05) is 6.55 Å². The molecule has 1 nitrogen and oxygen atoms in total. The Balaban J connectivity index is 1.97. The van der Waals surface area contributed by atoms with Gasteiger partial charge in [-0.05, 0) is 0 Å². The first-order valence-electron chi connectivity index (χ1n) is 1.28.